The first-order chi connectivity index (χ1) is 6.36. The molecule has 74 valence electrons. The first kappa shape index (κ1) is 10.5. The van der Waals surface area contributed by atoms with Crippen LogP contribution in [0.4, 0.5) is 0 Å². The van der Waals surface area contributed by atoms with Gasteiger partial charge in [-0.15, -0.1) is 0 Å². The highest BCUT2D eigenvalue weighted by atomic mass is 14.7. The van der Waals surface area contributed by atoms with Crippen molar-refractivity contribution in [3.05, 3.63) is 12.2 Å². The molecule has 0 aliphatic heterocycles. The van der Waals surface area contributed by atoms with Crippen molar-refractivity contribution < 1.29 is 0 Å². The van der Waals surface area contributed by atoms with Gasteiger partial charge in [-0.25, -0.2) is 0 Å². The Kier molecular flexibility index (Phi) is 4.76. The summed E-state index contributed by atoms with van der Waals surface area (Å²) in [4.78, 5) is 4.53. The van der Waals surface area contributed by atoms with E-state index >= 15 is 0 Å². The van der Waals surface area contributed by atoms with Gasteiger partial charge in [0.1, 0.15) is 0 Å². The minimum Gasteiger partial charge on any atom is -0.330 e. The van der Waals surface area contributed by atoms with E-state index in [1.54, 1.807) is 0 Å². The maximum absolute atomic E-state index is 5.58. The summed E-state index contributed by atoms with van der Waals surface area (Å²) < 4.78 is 0. The Hall–Kier alpha value is -0.630. The molecule has 0 bridgehead atoms. The Balaban J connectivity index is 2.33. The minimum atomic E-state index is 0.588. The van der Waals surface area contributed by atoms with Crippen LogP contribution >= 0.6 is 0 Å². The number of hydrogen-bond donors (Lipinski definition) is 1. The molecule has 0 heterocycles. The standard InChI is InChI=1S/C11H20N2/c1-2-3-8-13-11-6-4-10(9-12)5-7-11/h4,6,10H,2-3,5,7-9,12H2,1H3. The fourth-order valence-electron chi connectivity index (χ4n) is 1.47. The Bertz CT molecular complexity index is 194. The second-order valence-corrected chi connectivity index (χ2v) is 3.62. The lowest BCUT2D eigenvalue weighted by molar-refractivity contribution is 0.608. The largest absolute Gasteiger partial charge is 0.330 e. The van der Waals surface area contributed by atoms with Crippen LogP contribution in [0.15, 0.2) is 17.1 Å². The zero-order chi connectivity index (χ0) is 9.52. The molecule has 0 radical (unpaired) electrons. The first-order valence-corrected chi connectivity index (χ1v) is 5.28. The van der Waals surface area contributed by atoms with Crippen molar-refractivity contribution >= 4 is 5.71 Å². The molecule has 2 nitrogen and oxygen atoms in total. The van der Waals surface area contributed by atoms with Gasteiger partial charge < -0.3 is 5.73 Å². The maximum Gasteiger partial charge on any atom is 0.0392 e. The molecule has 1 unspecified atom stereocenters. The van der Waals surface area contributed by atoms with Crippen molar-refractivity contribution in [3.63, 3.8) is 0 Å². The van der Waals surface area contributed by atoms with Gasteiger partial charge in [-0.1, -0.05) is 19.4 Å². The Morgan fingerprint density at radius 3 is 3.00 bits per heavy atom. The molecular formula is C11H20N2. The lowest BCUT2D eigenvalue weighted by atomic mass is 9.95. The van der Waals surface area contributed by atoms with Crippen molar-refractivity contribution in [1.82, 2.24) is 0 Å². The van der Waals surface area contributed by atoms with Crippen LogP contribution in [0.25, 0.3) is 0 Å². The van der Waals surface area contributed by atoms with E-state index < -0.39 is 0 Å². The molecule has 0 aromatic heterocycles. The Labute approximate surface area is 80.9 Å². The fraction of sp³-hybridized carbons (Fsp3) is 0.727. The summed E-state index contributed by atoms with van der Waals surface area (Å²) >= 11 is 0. The average molecular weight is 180 g/mol. The van der Waals surface area contributed by atoms with Crippen molar-refractivity contribution in [2.45, 2.75) is 32.6 Å². The first-order valence-electron chi connectivity index (χ1n) is 5.28. The highest BCUT2D eigenvalue weighted by Gasteiger charge is 2.09. The van der Waals surface area contributed by atoms with E-state index in [-0.39, 0.29) is 0 Å². The maximum atomic E-state index is 5.58. The molecular weight excluding hydrogens is 160 g/mol. The highest BCUT2D eigenvalue weighted by molar-refractivity contribution is 5.95. The second kappa shape index (κ2) is 5.92. The average Bonchev–Trinajstić information content (AvgIpc) is 2.19. The molecule has 0 saturated heterocycles. The summed E-state index contributed by atoms with van der Waals surface area (Å²) in [6.45, 7) is 3.96. The van der Waals surface area contributed by atoms with Gasteiger partial charge in [-0.2, -0.15) is 0 Å². The number of hydrogen-bond acceptors (Lipinski definition) is 2. The molecule has 0 aromatic carbocycles. The minimum absolute atomic E-state index is 0.588. The molecule has 0 amide bonds. The van der Waals surface area contributed by atoms with Gasteiger partial charge in [-0.05, 0) is 37.8 Å². The van der Waals surface area contributed by atoms with Crippen LogP contribution in [0.5, 0.6) is 0 Å². The van der Waals surface area contributed by atoms with Crippen LogP contribution in [0.3, 0.4) is 0 Å². The van der Waals surface area contributed by atoms with Gasteiger partial charge in [-0.3, -0.25) is 4.99 Å². The summed E-state index contributed by atoms with van der Waals surface area (Å²) in [7, 11) is 0. The number of allylic oxidation sites excluding steroid dienone is 1. The van der Waals surface area contributed by atoms with Crippen molar-refractivity contribution in [3.8, 4) is 0 Å². The van der Waals surface area contributed by atoms with Crippen molar-refractivity contribution in [1.29, 1.82) is 0 Å². The van der Waals surface area contributed by atoms with Crippen LogP contribution in [-0.2, 0) is 0 Å². The third-order valence-electron chi connectivity index (χ3n) is 2.46. The smallest absolute Gasteiger partial charge is 0.0392 e. The van der Waals surface area contributed by atoms with E-state index in [0.29, 0.717) is 5.92 Å². The predicted molar refractivity (Wildman–Crippen MR) is 58.1 cm³/mol. The van der Waals surface area contributed by atoms with Crippen LogP contribution in [0.1, 0.15) is 32.6 Å². The number of rotatable bonds is 4. The van der Waals surface area contributed by atoms with Crippen LogP contribution < -0.4 is 5.73 Å². The zero-order valence-corrected chi connectivity index (χ0v) is 8.50. The topological polar surface area (TPSA) is 38.4 Å². The summed E-state index contributed by atoms with van der Waals surface area (Å²) in [5.41, 5.74) is 6.84. The number of aliphatic imine (C=N–C) groups is 1. The van der Waals surface area contributed by atoms with Crippen molar-refractivity contribution in [2.75, 3.05) is 13.1 Å². The lowest BCUT2D eigenvalue weighted by Crippen LogP contribution is -2.17. The van der Waals surface area contributed by atoms with Gasteiger partial charge >= 0.3 is 0 Å². The lowest BCUT2D eigenvalue weighted by Gasteiger charge is -2.15. The second-order valence-electron chi connectivity index (χ2n) is 3.62. The van der Waals surface area contributed by atoms with Crippen molar-refractivity contribution in [2.24, 2.45) is 16.6 Å². The molecule has 13 heavy (non-hydrogen) atoms. The van der Waals surface area contributed by atoms with E-state index in [2.05, 4.69) is 24.1 Å². The van der Waals surface area contributed by atoms with Crippen LogP contribution in [0, 0.1) is 5.92 Å². The third kappa shape index (κ3) is 3.73. The fourth-order valence-corrected chi connectivity index (χ4v) is 1.47. The SMILES string of the molecule is CCCCN=C1C=CC(CN)CC1. The zero-order valence-electron chi connectivity index (χ0n) is 8.50. The molecule has 0 fully saturated rings. The van der Waals surface area contributed by atoms with Gasteiger partial charge in [0, 0.05) is 12.3 Å². The quantitative estimate of drug-likeness (QED) is 0.661. The molecule has 2 heteroatoms. The van der Waals surface area contributed by atoms with Crippen LogP contribution in [0.2, 0.25) is 0 Å². The number of nitrogens with zero attached hydrogens (tertiary/aromatic N) is 1. The number of unbranched alkanes of at least 4 members (excludes halogenated alkanes) is 1. The summed E-state index contributed by atoms with van der Waals surface area (Å²) in [5, 5.41) is 0. The van der Waals surface area contributed by atoms with E-state index in [1.165, 1.54) is 25.0 Å². The Morgan fingerprint density at radius 2 is 2.46 bits per heavy atom. The van der Waals surface area contributed by atoms with Gasteiger partial charge in [0.05, 0.1) is 0 Å². The highest BCUT2D eigenvalue weighted by Crippen LogP contribution is 2.14. The summed E-state index contributed by atoms with van der Waals surface area (Å²) in [5.74, 6) is 0.588. The summed E-state index contributed by atoms with van der Waals surface area (Å²) in [6.07, 6.45) is 9.08. The van der Waals surface area contributed by atoms with Gasteiger partial charge in [0.25, 0.3) is 0 Å². The monoisotopic (exact) mass is 180 g/mol. The summed E-state index contributed by atoms with van der Waals surface area (Å²) in [6, 6.07) is 0. The molecule has 0 saturated carbocycles. The molecule has 1 rings (SSSR count). The van der Waals surface area contributed by atoms with E-state index in [0.717, 1.165) is 19.5 Å². The Morgan fingerprint density at radius 1 is 1.62 bits per heavy atom. The van der Waals surface area contributed by atoms with Gasteiger partial charge in [0.15, 0.2) is 0 Å². The predicted octanol–water partition coefficient (Wildman–Crippen LogP) is 2.15. The molecule has 1 aliphatic carbocycles. The third-order valence-corrected chi connectivity index (χ3v) is 2.46. The molecule has 2 N–H and O–H groups in total. The molecule has 0 spiro atoms. The van der Waals surface area contributed by atoms with E-state index in [9.17, 15) is 0 Å². The molecule has 0 aromatic rings. The molecule has 1 aliphatic rings. The van der Waals surface area contributed by atoms with Gasteiger partial charge in [0.2, 0.25) is 0 Å². The number of nitrogens with two attached hydrogens (primary N) is 1. The van der Waals surface area contributed by atoms with E-state index in [4.69, 9.17) is 5.73 Å². The van der Waals surface area contributed by atoms with E-state index in [1.807, 2.05) is 0 Å². The normalized spacial score (nSPS) is 25.4. The molecule has 1 atom stereocenters. The van der Waals surface area contributed by atoms with Crippen LogP contribution in [-0.4, -0.2) is 18.8 Å².